The van der Waals surface area contributed by atoms with E-state index in [0.29, 0.717) is 17.8 Å². The molecule has 0 saturated heterocycles. The molecule has 2 atom stereocenters. The maximum absolute atomic E-state index is 13.0. The second kappa shape index (κ2) is 5.63. The van der Waals surface area contributed by atoms with Crippen LogP contribution in [0.5, 0.6) is 5.75 Å². The zero-order valence-electron chi connectivity index (χ0n) is 13.6. The van der Waals surface area contributed by atoms with Crippen molar-refractivity contribution in [1.29, 1.82) is 0 Å². The van der Waals surface area contributed by atoms with Crippen LogP contribution in [-0.2, 0) is 10.0 Å². The Balaban J connectivity index is 1.86. The van der Waals surface area contributed by atoms with Gasteiger partial charge in [0.15, 0.2) is 5.75 Å². The molecule has 2 aromatic carbocycles. The highest BCUT2D eigenvalue weighted by Crippen LogP contribution is 2.50. The molecule has 5 rings (SSSR count). The Morgan fingerprint density at radius 2 is 2.04 bits per heavy atom. The van der Waals surface area contributed by atoms with Crippen molar-refractivity contribution >= 4 is 32.7 Å². The third kappa shape index (κ3) is 2.38. The molecule has 0 saturated carbocycles. The molecule has 2 aliphatic rings. The maximum Gasteiger partial charge on any atom is 0.387 e. The van der Waals surface area contributed by atoms with Crippen molar-refractivity contribution in [3.63, 3.8) is 0 Å². The van der Waals surface area contributed by atoms with Gasteiger partial charge in [-0.2, -0.15) is 8.78 Å². The Bertz CT molecular complexity index is 1200. The van der Waals surface area contributed by atoms with Crippen LogP contribution in [0.4, 0.5) is 8.78 Å². The summed E-state index contributed by atoms with van der Waals surface area (Å²) in [7, 11) is -3.95. The highest BCUT2D eigenvalue weighted by atomic mass is 35.5. The maximum atomic E-state index is 13.0. The number of alkyl halides is 2. The number of para-hydroxylation sites is 2. The molecule has 2 aliphatic heterocycles. The van der Waals surface area contributed by atoms with Gasteiger partial charge in [-0.25, -0.2) is 18.1 Å². The molecule has 140 valence electrons. The first-order valence-corrected chi connectivity index (χ1v) is 9.99. The zero-order valence-corrected chi connectivity index (χ0v) is 15.1. The Morgan fingerprint density at radius 3 is 2.81 bits per heavy atom. The fourth-order valence-corrected chi connectivity index (χ4v) is 5.66. The standard InChI is InChI=1S/C17H12ClF2N3O3S/c18-8-5-6-13-14(15(8)26-17(19)20)12-7-10(22-27(13,24)25)16-21-9-3-1-2-4-11(9)23(12)16/h1-6,10,12,17,22H,7H2/t10-,12-/m1/s1. The first-order valence-electron chi connectivity index (χ1n) is 8.13. The van der Waals surface area contributed by atoms with E-state index in [1.54, 1.807) is 0 Å². The molecule has 0 aliphatic carbocycles. The van der Waals surface area contributed by atoms with Crippen LogP contribution in [-0.4, -0.2) is 24.6 Å². The number of imidazole rings is 1. The fourth-order valence-electron chi connectivity index (χ4n) is 3.98. The predicted molar refractivity (Wildman–Crippen MR) is 93.6 cm³/mol. The molecule has 2 bridgehead atoms. The Hall–Kier alpha value is -2.23. The van der Waals surface area contributed by atoms with Crippen LogP contribution < -0.4 is 9.46 Å². The molecular weight excluding hydrogens is 400 g/mol. The van der Waals surface area contributed by atoms with E-state index in [2.05, 4.69) is 14.4 Å². The van der Waals surface area contributed by atoms with E-state index in [1.165, 1.54) is 12.1 Å². The minimum absolute atomic E-state index is 0.0689. The van der Waals surface area contributed by atoms with Gasteiger partial charge in [-0.05, 0) is 30.7 Å². The van der Waals surface area contributed by atoms with Gasteiger partial charge in [0.25, 0.3) is 0 Å². The van der Waals surface area contributed by atoms with E-state index in [0.717, 1.165) is 5.52 Å². The smallest absolute Gasteiger partial charge is 0.387 e. The number of hydrogen-bond acceptors (Lipinski definition) is 4. The number of sulfonamides is 1. The fraction of sp³-hybridized carbons (Fsp3) is 0.235. The Morgan fingerprint density at radius 1 is 1.26 bits per heavy atom. The first-order chi connectivity index (χ1) is 12.9. The van der Waals surface area contributed by atoms with Gasteiger partial charge >= 0.3 is 6.61 Å². The number of aromatic nitrogens is 2. The number of benzene rings is 2. The van der Waals surface area contributed by atoms with E-state index in [4.69, 9.17) is 11.6 Å². The van der Waals surface area contributed by atoms with Crippen molar-refractivity contribution in [3.8, 4) is 5.75 Å². The van der Waals surface area contributed by atoms with Crippen LogP contribution in [0.15, 0.2) is 41.3 Å². The molecule has 10 heteroatoms. The van der Waals surface area contributed by atoms with Crippen molar-refractivity contribution < 1.29 is 21.9 Å². The molecule has 1 aromatic heterocycles. The molecule has 27 heavy (non-hydrogen) atoms. The topological polar surface area (TPSA) is 73.2 Å². The van der Waals surface area contributed by atoms with E-state index in [-0.39, 0.29) is 21.2 Å². The quantitative estimate of drug-likeness (QED) is 0.699. The van der Waals surface area contributed by atoms with Gasteiger partial charge < -0.3 is 9.30 Å². The number of halogens is 3. The molecule has 6 nitrogen and oxygen atoms in total. The van der Waals surface area contributed by atoms with Gasteiger partial charge in [0.05, 0.1) is 33.0 Å². The average molecular weight is 412 g/mol. The average Bonchev–Trinajstić information content (AvgIpc) is 3.10. The number of nitrogens with one attached hydrogen (secondary N) is 1. The molecular formula is C17H12ClF2N3O3S. The van der Waals surface area contributed by atoms with Crippen molar-refractivity contribution in [1.82, 2.24) is 14.3 Å². The molecule has 0 amide bonds. The van der Waals surface area contributed by atoms with Crippen LogP contribution in [0.25, 0.3) is 11.0 Å². The number of ether oxygens (including phenoxy) is 1. The molecule has 3 aromatic rings. The van der Waals surface area contributed by atoms with Crippen LogP contribution in [0.2, 0.25) is 5.02 Å². The van der Waals surface area contributed by atoms with Crippen LogP contribution in [0.1, 0.15) is 29.9 Å². The lowest BCUT2D eigenvalue weighted by Gasteiger charge is -2.22. The van der Waals surface area contributed by atoms with Gasteiger partial charge in [-0.1, -0.05) is 23.7 Å². The Labute approximate surface area is 157 Å². The van der Waals surface area contributed by atoms with Gasteiger partial charge in [-0.3, -0.25) is 0 Å². The summed E-state index contributed by atoms with van der Waals surface area (Å²) in [5, 5.41) is -0.0689. The highest BCUT2D eigenvalue weighted by molar-refractivity contribution is 7.89. The van der Waals surface area contributed by atoms with Crippen molar-refractivity contribution in [2.45, 2.75) is 30.0 Å². The van der Waals surface area contributed by atoms with Crippen LogP contribution in [0.3, 0.4) is 0 Å². The molecule has 0 radical (unpaired) electrons. The van der Waals surface area contributed by atoms with Gasteiger partial charge in [0.1, 0.15) is 5.82 Å². The summed E-state index contributed by atoms with van der Waals surface area (Å²) in [4.78, 5) is 4.43. The SMILES string of the molecule is O=S1(=O)N[C@@H]2C[C@H](c3c1ccc(Cl)c3OC(F)F)n1c2nc2ccccc21. The van der Waals surface area contributed by atoms with Crippen LogP contribution >= 0.6 is 11.6 Å². The minimum atomic E-state index is -3.95. The third-order valence-electron chi connectivity index (χ3n) is 4.94. The summed E-state index contributed by atoms with van der Waals surface area (Å²) < 4.78 is 60.9. The van der Waals surface area contributed by atoms with E-state index in [1.807, 2.05) is 28.8 Å². The van der Waals surface area contributed by atoms with Crippen molar-refractivity contribution in [2.24, 2.45) is 0 Å². The summed E-state index contributed by atoms with van der Waals surface area (Å²) in [6.45, 7) is -3.14. The minimum Gasteiger partial charge on any atom is -0.433 e. The lowest BCUT2D eigenvalue weighted by Crippen LogP contribution is -2.28. The van der Waals surface area contributed by atoms with Crippen LogP contribution in [0, 0.1) is 0 Å². The second-order valence-electron chi connectivity index (χ2n) is 6.42. The monoisotopic (exact) mass is 411 g/mol. The van der Waals surface area contributed by atoms with E-state index in [9.17, 15) is 17.2 Å². The highest BCUT2D eigenvalue weighted by Gasteiger charge is 2.45. The normalized spacial score (nSPS) is 22.5. The molecule has 0 spiro atoms. The number of fused-ring (bicyclic) bond motifs is 9. The summed E-state index contributed by atoms with van der Waals surface area (Å²) in [6, 6.07) is 8.79. The summed E-state index contributed by atoms with van der Waals surface area (Å²) in [5.41, 5.74) is 1.61. The lowest BCUT2D eigenvalue weighted by atomic mass is 10.0. The Kier molecular flexibility index (Phi) is 3.53. The lowest BCUT2D eigenvalue weighted by molar-refractivity contribution is -0.0508. The zero-order chi connectivity index (χ0) is 18.9. The van der Waals surface area contributed by atoms with E-state index >= 15 is 0 Å². The molecule has 0 unspecified atom stereocenters. The van der Waals surface area contributed by atoms with E-state index < -0.39 is 28.7 Å². The van der Waals surface area contributed by atoms with Gasteiger partial charge in [-0.15, -0.1) is 0 Å². The second-order valence-corrected chi connectivity index (χ2v) is 8.51. The summed E-state index contributed by atoms with van der Waals surface area (Å²) in [5.74, 6) is 0.226. The number of hydrogen-bond donors (Lipinski definition) is 1. The third-order valence-corrected chi connectivity index (χ3v) is 6.77. The van der Waals surface area contributed by atoms with Gasteiger partial charge in [0.2, 0.25) is 10.0 Å². The largest absolute Gasteiger partial charge is 0.433 e. The van der Waals surface area contributed by atoms with Crippen molar-refractivity contribution in [2.75, 3.05) is 0 Å². The molecule has 0 fully saturated rings. The predicted octanol–water partition coefficient (Wildman–Crippen LogP) is 3.62. The first kappa shape index (κ1) is 16.9. The number of rotatable bonds is 2. The number of nitrogens with zero attached hydrogens (tertiary/aromatic N) is 2. The summed E-state index contributed by atoms with van der Waals surface area (Å²) in [6.07, 6.45) is 0.333. The van der Waals surface area contributed by atoms with Gasteiger partial charge in [0, 0.05) is 5.56 Å². The van der Waals surface area contributed by atoms with Crippen molar-refractivity contribution in [3.05, 3.63) is 52.8 Å². The molecule has 3 heterocycles. The summed E-state index contributed by atoms with van der Waals surface area (Å²) >= 11 is 6.11. The molecule has 1 N–H and O–H groups in total.